The summed E-state index contributed by atoms with van der Waals surface area (Å²) >= 11 is 0. The van der Waals surface area contributed by atoms with Gasteiger partial charge >= 0.3 is 0 Å². The third kappa shape index (κ3) is 2.27. The number of anilines is 1. The number of hydrogen-bond acceptors (Lipinski definition) is 4. The standard InChI is InChI=1S/C14H17N3O/c1-9-7-11(8-10(2)14(9)18-4)12-5-6-13(15-3)17-16-12/h5-8H,1-4H3,(H,15,17). The maximum atomic E-state index is 5.36. The molecule has 1 heterocycles. The van der Waals surface area contributed by atoms with Crippen molar-refractivity contribution in [1.29, 1.82) is 0 Å². The van der Waals surface area contributed by atoms with Crippen LogP contribution in [0, 0.1) is 13.8 Å². The van der Waals surface area contributed by atoms with Gasteiger partial charge in [0.15, 0.2) is 0 Å². The Hall–Kier alpha value is -2.10. The highest BCUT2D eigenvalue weighted by Gasteiger charge is 2.08. The molecule has 0 atom stereocenters. The van der Waals surface area contributed by atoms with Crippen molar-refractivity contribution in [2.45, 2.75) is 13.8 Å². The second-order valence-corrected chi connectivity index (χ2v) is 4.20. The molecule has 4 heteroatoms. The Morgan fingerprint density at radius 2 is 1.72 bits per heavy atom. The first kappa shape index (κ1) is 12.4. The summed E-state index contributed by atoms with van der Waals surface area (Å²) in [5, 5.41) is 11.2. The molecule has 0 fully saturated rings. The summed E-state index contributed by atoms with van der Waals surface area (Å²) < 4.78 is 5.36. The van der Waals surface area contributed by atoms with E-state index in [1.807, 2.05) is 33.0 Å². The van der Waals surface area contributed by atoms with Gasteiger partial charge in [-0.25, -0.2) is 0 Å². The Labute approximate surface area is 107 Å². The average molecular weight is 243 g/mol. The number of aromatic nitrogens is 2. The minimum absolute atomic E-state index is 0.765. The molecule has 0 bridgehead atoms. The fraction of sp³-hybridized carbons (Fsp3) is 0.286. The molecule has 0 radical (unpaired) electrons. The zero-order valence-corrected chi connectivity index (χ0v) is 11.1. The summed E-state index contributed by atoms with van der Waals surface area (Å²) in [6.45, 7) is 4.06. The fourth-order valence-electron chi connectivity index (χ4n) is 2.04. The van der Waals surface area contributed by atoms with Crippen LogP contribution in [-0.4, -0.2) is 24.4 Å². The van der Waals surface area contributed by atoms with Gasteiger partial charge in [0.25, 0.3) is 0 Å². The molecule has 2 rings (SSSR count). The summed E-state index contributed by atoms with van der Waals surface area (Å²) in [4.78, 5) is 0. The van der Waals surface area contributed by atoms with Crippen LogP contribution in [0.5, 0.6) is 5.75 Å². The lowest BCUT2D eigenvalue weighted by Gasteiger charge is -2.11. The molecule has 2 aromatic rings. The van der Waals surface area contributed by atoms with Crippen LogP contribution in [0.25, 0.3) is 11.3 Å². The molecule has 0 spiro atoms. The van der Waals surface area contributed by atoms with Gasteiger partial charge in [-0.3, -0.25) is 0 Å². The van der Waals surface area contributed by atoms with Crippen LogP contribution < -0.4 is 10.1 Å². The predicted molar refractivity (Wildman–Crippen MR) is 73.0 cm³/mol. The molecule has 0 unspecified atom stereocenters. The number of rotatable bonds is 3. The van der Waals surface area contributed by atoms with Crippen molar-refractivity contribution >= 4 is 5.82 Å². The third-order valence-corrected chi connectivity index (χ3v) is 2.88. The van der Waals surface area contributed by atoms with Gasteiger partial charge in [-0.2, -0.15) is 0 Å². The zero-order chi connectivity index (χ0) is 13.1. The molecule has 94 valence electrons. The summed E-state index contributed by atoms with van der Waals surface area (Å²) in [6.07, 6.45) is 0. The summed E-state index contributed by atoms with van der Waals surface area (Å²) in [7, 11) is 3.52. The van der Waals surface area contributed by atoms with Gasteiger partial charge in [-0.05, 0) is 49.2 Å². The highest BCUT2D eigenvalue weighted by Crippen LogP contribution is 2.28. The molecule has 0 aliphatic heterocycles. The van der Waals surface area contributed by atoms with Crippen molar-refractivity contribution in [1.82, 2.24) is 10.2 Å². The number of nitrogens with zero attached hydrogens (tertiary/aromatic N) is 2. The largest absolute Gasteiger partial charge is 0.496 e. The van der Waals surface area contributed by atoms with Crippen molar-refractivity contribution in [3.63, 3.8) is 0 Å². The Kier molecular flexibility index (Phi) is 3.46. The molecule has 0 aliphatic carbocycles. The smallest absolute Gasteiger partial charge is 0.148 e. The topological polar surface area (TPSA) is 47.0 Å². The van der Waals surface area contributed by atoms with Crippen molar-refractivity contribution in [2.75, 3.05) is 19.5 Å². The number of aryl methyl sites for hydroxylation is 2. The van der Waals surface area contributed by atoms with Gasteiger partial charge in [-0.15, -0.1) is 10.2 Å². The second kappa shape index (κ2) is 5.04. The van der Waals surface area contributed by atoms with Crippen LogP contribution in [-0.2, 0) is 0 Å². The van der Waals surface area contributed by atoms with E-state index in [4.69, 9.17) is 4.74 Å². The first-order valence-electron chi connectivity index (χ1n) is 5.82. The fourth-order valence-corrected chi connectivity index (χ4v) is 2.04. The Morgan fingerprint density at radius 3 is 2.17 bits per heavy atom. The van der Waals surface area contributed by atoms with E-state index in [1.54, 1.807) is 7.11 Å². The molecule has 0 amide bonds. The third-order valence-electron chi connectivity index (χ3n) is 2.88. The van der Waals surface area contributed by atoms with Crippen LogP contribution in [0.4, 0.5) is 5.82 Å². The minimum Gasteiger partial charge on any atom is -0.496 e. The Balaban J connectivity index is 2.44. The first-order chi connectivity index (χ1) is 8.65. The Bertz CT molecular complexity index is 526. The molecule has 1 aromatic heterocycles. The molecule has 0 saturated carbocycles. The molecule has 0 saturated heterocycles. The summed E-state index contributed by atoms with van der Waals surface area (Å²) in [5.41, 5.74) is 4.13. The lowest BCUT2D eigenvalue weighted by atomic mass is 10.0. The molecule has 4 nitrogen and oxygen atoms in total. The SMILES string of the molecule is CNc1ccc(-c2cc(C)c(OC)c(C)c2)nn1. The molecule has 1 aromatic carbocycles. The average Bonchev–Trinajstić information content (AvgIpc) is 2.38. The van der Waals surface area contributed by atoms with Gasteiger partial charge in [-0.1, -0.05) is 0 Å². The molecular weight excluding hydrogens is 226 g/mol. The number of benzene rings is 1. The van der Waals surface area contributed by atoms with Crippen LogP contribution >= 0.6 is 0 Å². The monoisotopic (exact) mass is 243 g/mol. The van der Waals surface area contributed by atoms with Crippen molar-refractivity contribution < 1.29 is 4.74 Å². The van der Waals surface area contributed by atoms with Crippen molar-refractivity contribution in [3.8, 4) is 17.0 Å². The van der Waals surface area contributed by atoms with Gasteiger partial charge in [0, 0.05) is 12.6 Å². The quantitative estimate of drug-likeness (QED) is 0.900. The molecule has 1 N–H and O–H groups in total. The molecular formula is C14H17N3O. The normalized spacial score (nSPS) is 10.2. The number of hydrogen-bond donors (Lipinski definition) is 1. The number of ether oxygens (including phenoxy) is 1. The zero-order valence-electron chi connectivity index (χ0n) is 11.1. The van der Waals surface area contributed by atoms with Crippen LogP contribution in [0.15, 0.2) is 24.3 Å². The van der Waals surface area contributed by atoms with Crippen molar-refractivity contribution in [2.24, 2.45) is 0 Å². The number of methoxy groups -OCH3 is 1. The number of nitrogens with one attached hydrogen (secondary N) is 1. The van der Waals surface area contributed by atoms with E-state index < -0.39 is 0 Å². The lowest BCUT2D eigenvalue weighted by molar-refractivity contribution is 0.408. The van der Waals surface area contributed by atoms with E-state index >= 15 is 0 Å². The van der Waals surface area contributed by atoms with Crippen LogP contribution in [0.1, 0.15) is 11.1 Å². The molecule has 18 heavy (non-hydrogen) atoms. The van der Waals surface area contributed by atoms with E-state index in [0.29, 0.717) is 0 Å². The summed E-state index contributed by atoms with van der Waals surface area (Å²) in [5.74, 6) is 1.69. The van der Waals surface area contributed by atoms with E-state index in [0.717, 1.165) is 34.0 Å². The van der Waals surface area contributed by atoms with E-state index in [2.05, 4.69) is 27.6 Å². The molecule has 0 aliphatic rings. The van der Waals surface area contributed by atoms with E-state index in [1.165, 1.54) is 0 Å². The van der Waals surface area contributed by atoms with E-state index in [-0.39, 0.29) is 0 Å². The van der Waals surface area contributed by atoms with Gasteiger partial charge in [0.2, 0.25) is 0 Å². The van der Waals surface area contributed by atoms with Crippen molar-refractivity contribution in [3.05, 3.63) is 35.4 Å². The second-order valence-electron chi connectivity index (χ2n) is 4.20. The predicted octanol–water partition coefficient (Wildman–Crippen LogP) is 2.81. The van der Waals surface area contributed by atoms with Crippen LogP contribution in [0.2, 0.25) is 0 Å². The van der Waals surface area contributed by atoms with Gasteiger partial charge in [0.05, 0.1) is 12.8 Å². The Morgan fingerprint density at radius 1 is 1.06 bits per heavy atom. The highest BCUT2D eigenvalue weighted by atomic mass is 16.5. The maximum Gasteiger partial charge on any atom is 0.148 e. The maximum absolute atomic E-state index is 5.36. The van der Waals surface area contributed by atoms with Gasteiger partial charge < -0.3 is 10.1 Å². The van der Waals surface area contributed by atoms with Crippen LogP contribution in [0.3, 0.4) is 0 Å². The highest BCUT2D eigenvalue weighted by molar-refractivity contribution is 5.64. The lowest BCUT2D eigenvalue weighted by Crippen LogP contribution is -1.96. The van der Waals surface area contributed by atoms with Gasteiger partial charge in [0.1, 0.15) is 11.6 Å². The minimum atomic E-state index is 0.765. The summed E-state index contributed by atoms with van der Waals surface area (Å²) in [6, 6.07) is 8.00. The van der Waals surface area contributed by atoms with E-state index in [9.17, 15) is 0 Å². The first-order valence-corrected chi connectivity index (χ1v) is 5.82.